The maximum Gasteiger partial charge on any atom is 0.291 e. The van der Waals surface area contributed by atoms with E-state index in [9.17, 15) is 14.4 Å². The number of hydrogen-bond donors (Lipinski definition) is 0. The van der Waals surface area contributed by atoms with Gasteiger partial charge >= 0.3 is 0 Å². The first kappa shape index (κ1) is 20.5. The molecule has 0 spiro atoms. The molecule has 30 heavy (non-hydrogen) atoms. The molecule has 1 aromatic heterocycles. The summed E-state index contributed by atoms with van der Waals surface area (Å²) in [5, 5.41) is 0. The molecule has 0 aliphatic carbocycles. The van der Waals surface area contributed by atoms with Crippen LogP contribution in [0.3, 0.4) is 0 Å². The third-order valence-electron chi connectivity index (χ3n) is 5.84. The van der Waals surface area contributed by atoms with Crippen LogP contribution in [0.25, 0.3) is 0 Å². The van der Waals surface area contributed by atoms with Crippen molar-refractivity contribution in [2.45, 2.75) is 19.4 Å². The van der Waals surface area contributed by atoms with Crippen molar-refractivity contribution in [3.05, 3.63) is 59.5 Å². The number of amides is 1. The minimum Gasteiger partial charge on any atom is -0.467 e. The fourth-order valence-electron chi connectivity index (χ4n) is 4.19. The van der Waals surface area contributed by atoms with Gasteiger partial charge in [-0.3, -0.25) is 19.3 Å². The summed E-state index contributed by atoms with van der Waals surface area (Å²) in [7, 11) is 0. The lowest BCUT2D eigenvalue weighted by atomic mass is 9.88. The predicted molar refractivity (Wildman–Crippen MR) is 109 cm³/mol. The average Bonchev–Trinajstić information content (AvgIpc) is 3.37. The molecule has 2 atom stereocenters. The highest BCUT2D eigenvalue weighted by molar-refractivity contribution is 6.44. The minimum atomic E-state index is -1.09. The fourth-order valence-corrected chi connectivity index (χ4v) is 4.19. The van der Waals surface area contributed by atoms with Gasteiger partial charge in [-0.25, -0.2) is 0 Å². The molecule has 0 bridgehead atoms. The van der Waals surface area contributed by atoms with Crippen LogP contribution < -0.4 is 0 Å². The Hall–Kier alpha value is -2.77. The summed E-state index contributed by atoms with van der Waals surface area (Å²) in [6, 6.07) is 9.79. The second-order valence-corrected chi connectivity index (χ2v) is 7.84. The van der Waals surface area contributed by atoms with E-state index in [-0.39, 0.29) is 5.78 Å². The minimum absolute atomic E-state index is 0.342. The first-order valence-electron chi connectivity index (χ1n) is 10.4. The largest absolute Gasteiger partial charge is 0.467 e. The van der Waals surface area contributed by atoms with Crippen molar-refractivity contribution in [1.82, 2.24) is 9.80 Å². The summed E-state index contributed by atoms with van der Waals surface area (Å²) in [6.45, 7) is 6.28. The number of morpholine rings is 1. The molecule has 0 radical (unpaired) electrons. The molecule has 7 nitrogen and oxygen atoms in total. The van der Waals surface area contributed by atoms with Gasteiger partial charge in [0.2, 0.25) is 5.78 Å². The average molecular weight is 410 g/mol. The Kier molecular flexibility index (Phi) is 6.11. The lowest BCUT2D eigenvalue weighted by Gasteiger charge is -2.29. The number of nitrogens with zero attached hydrogens (tertiary/aromatic N) is 2. The number of likely N-dealkylation sites (tertiary alicyclic amines) is 1. The van der Waals surface area contributed by atoms with Crippen molar-refractivity contribution in [2.24, 2.45) is 5.92 Å². The van der Waals surface area contributed by atoms with Crippen LogP contribution >= 0.6 is 0 Å². The van der Waals surface area contributed by atoms with E-state index in [0.717, 1.165) is 25.2 Å². The molecule has 4 rings (SSSR count). The topological polar surface area (TPSA) is 80.1 Å². The Morgan fingerprint density at radius 3 is 2.47 bits per heavy atom. The number of ketones is 2. The van der Waals surface area contributed by atoms with Gasteiger partial charge in [0.05, 0.1) is 19.5 Å². The predicted octanol–water partition coefficient (Wildman–Crippen LogP) is 2.26. The van der Waals surface area contributed by atoms with Gasteiger partial charge in [0, 0.05) is 31.7 Å². The zero-order chi connectivity index (χ0) is 21.1. The molecule has 0 N–H and O–H groups in total. The van der Waals surface area contributed by atoms with Crippen LogP contribution in [0.4, 0.5) is 0 Å². The highest BCUT2D eigenvalue weighted by Crippen LogP contribution is 2.38. The van der Waals surface area contributed by atoms with Crippen LogP contribution in [-0.4, -0.2) is 66.7 Å². The van der Waals surface area contributed by atoms with Gasteiger partial charge in [-0.2, -0.15) is 0 Å². The molecule has 2 fully saturated rings. The van der Waals surface area contributed by atoms with Crippen molar-refractivity contribution in [3.63, 3.8) is 0 Å². The number of benzene rings is 1. The molecule has 2 aromatic rings. The van der Waals surface area contributed by atoms with Crippen LogP contribution in [0.2, 0.25) is 0 Å². The normalized spacial score (nSPS) is 22.6. The Bertz CT molecular complexity index is 900. The summed E-state index contributed by atoms with van der Waals surface area (Å²) >= 11 is 0. The fraction of sp³-hybridized carbons (Fsp3) is 0.435. The SMILES string of the molecule is Cc1ccc(C(=O)C2C(=O)C(=O)N(CCCN3CCOCC3)C2c2ccco2)cc1. The van der Waals surface area contributed by atoms with E-state index in [2.05, 4.69) is 4.90 Å². The van der Waals surface area contributed by atoms with E-state index < -0.39 is 23.7 Å². The molecule has 2 aliphatic rings. The monoisotopic (exact) mass is 410 g/mol. The third-order valence-corrected chi connectivity index (χ3v) is 5.84. The van der Waals surface area contributed by atoms with Gasteiger partial charge in [0.25, 0.3) is 5.91 Å². The lowest BCUT2D eigenvalue weighted by molar-refractivity contribution is -0.140. The van der Waals surface area contributed by atoms with Crippen molar-refractivity contribution < 1.29 is 23.5 Å². The molecule has 158 valence electrons. The van der Waals surface area contributed by atoms with Crippen molar-refractivity contribution in [3.8, 4) is 0 Å². The maximum atomic E-state index is 13.2. The van der Waals surface area contributed by atoms with Crippen LogP contribution in [0.15, 0.2) is 47.1 Å². The van der Waals surface area contributed by atoms with Crippen LogP contribution in [0, 0.1) is 12.8 Å². The first-order valence-corrected chi connectivity index (χ1v) is 10.4. The number of ether oxygens (including phenoxy) is 1. The van der Waals surface area contributed by atoms with E-state index >= 15 is 0 Å². The van der Waals surface area contributed by atoms with Crippen molar-refractivity contribution in [2.75, 3.05) is 39.4 Å². The van der Waals surface area contributed by atoms with Crippen LogP contribution in [-0.2, 0) is 14.3 Å². The Morgan fingerprint density at radius 1 is 1.07 bits per heavy atom. The number of Topliss-reactive ketones (excluding diaryl/α,β-unsaturated/α-hetero) is 2. The molecule has 1 aromatic carbocycles. The lowest BCUT2D eigenvalue weighted by Crippen LogP contribution is -2.39. The number of aryl methyl sites for hydroxylation is 1. The highest BCUT2D eigenvalue weighted by atomic mass is 16.5. The molecule has 2 aliphatic heterocycles. The number of furan rings is 1. The zero-order valence-corrected chi connectivity index (χ0v) is 17.1. The van der Waals surface area contributed by atoms with E-state index in [4.69, 9.17) is 9.15 Å². The highest BCUT2D eigenvalue weighted by Gasteiger charge is 2.52. The molecule has 3 heterocycles. The van der Waals surface area contributed by atoms with Gasteiger partial charge in [-0.1, -0.05) is 29.8 Å². The van der Waals surface area contributed by atoms with Crippen molar-refractivity contribution >= 4 is 17.5 Å². The second kappa shape index (κ2) is 8.93. The summed E-state index contributed by atoms with van der Waals surface area (Å²) in [4.78, 5) is 42.7. The summed E-state index contributed by atoms with van der Waals surface area (Å²) in [6.07, 6.45) is 2.21. The van der Waals surface area contributed by atoms with Crippen molar-refractivity contribution in [1.29, 1.82) is 0 Å². The van der Waals surface area contributed by atoms with Gasteiger partial charge in [0.15, 0.2) is 5.78 Å². The smallest absolute Gasteiger partial charge is 0.291 e. The molecule has 2 unspecified atom stereocenters. The summed E-state index contributed by atoms with van der Waals surface area (Å²) in [5.41, 5.74) is 1.45. The van der Waals surface area contributed by atoms with E-state index in [1.165, 1.54) is 11.2 Å². The maximum absolute atomic E-state index is 13.2. The van der Waals surface area contributed by atoms with Gasteiger partial charge in [-0.15, -0.1) is 0 Å². The van der Waals surface area contributed by atoms with Gasteiger partial charge in [0.1, 0.15) is 17.7 Å². The third kappa shape index (κ3) is 4.08. The molecular weight excluding hydrogens is 384 g/mol. The second-order valence-electron chi connectivity index (χ2n) is 7.84. The Labute approximate surface area is 175 Å². The van der Waals surface area contributed by atoms with E-state index in [0.29, 0.717) is 37.5 Å². The first-order chi connectivity index (χ1) is 14.6. The van der Waals surface area contributed by atoms with Crippen LogP contribution in [0.1, 0.15) is 34.1 Å². The summed E-state index contributed by atoms with van der Waals surface area (Å²) < 4.78 is 10.9. The van der Waals surface area contributed by atoms with Gasteiger partial charge < -0.3 is 14.1 Å². The van der Waals surface area contributed by atoms with Crippen LogP contribution in [0.5, 0.6) is 0 Å². The Morgan fingerprint density at radius 2 is 1.80 bits per heavy atom. The molecule has 2 saturated heterocycles. The zero-order valence-electron chi connectivity index (χ0n) is 17.1. The molecule has 0 saturated carbocycles. The number of rotatable bonds is 7. The van der Waals surface area contributed by atoms with Gasteiger partial charge in [-0.05, 0) is 25.5 Å². The Balaban J connectivity index is 1.55. The molecular formula is C23H26N2O5. The standard InChI is InChI=1S/C23H26N2O5/c1-16-5-7-17(8-6-16)21(26)19-20(18-4-2-13-30-18)25(23(28)22(19)27)10-3-9-24-11-14-29-15-12-24/h2,4-8,13,19-20H,3,9-12,14-15H2,1H3. The summed E-state index contributed by atoms with van der Waals surface area (Å²) in [5.74, 6) is -2.23. The number of hydrogen-bond acceptors (Lipinski definition) is 6. The van der Waals surface area contributed by atoms with E-state index in [1.54, 1.807) is 24.3 Å². The molecule has 7 heteroatoms. The number of carbonyl (C=O) groups excluding carboxylic acids is 3. The van der Waals surface area contributed by atoms with E-state index in [1.807, 2.05) is 19.1 Å². The number of carbonyl (C=O) groups is 3. The molecule has 1 amide bonds. The quantitative estimate of drug-likeness (QED) is 0.396.